The maximum absolute atomic E-state index is 12.5. The first-order valence-electron chi connectivity index (χ1n) is 10.6. The number of methoxy groups -OCH3 is 1. The van der Waals surface area contributed by atoms with Gasteiger partial charge in [0.15, 0.2) is 0 Å². The third-order valence-electron chi connectivity index (χ3n) is 4.75. The fourth-order valence-corrected chi connectivity index (χ4v) is 3.21. The van der Waals surface area contributed by atoms with E-state index in [-0.39, 0.29) is 11.8 Å². The number of rotatable bonds is 14. The number of carbonyl (C=O) groups is 3. The summed E-state index contributed by atoms with van der Waals surface area (Å²) in [7, 11) is 1.29. The number of carbonyl (C=O) groups excluding carboxylic acids is 3. The molecule has 3 N–H and O–H groups in total. The molecule has 2 atom stereocenters. The van der Waals surface area contributed by atoms with Crippen molar-refractivity contribution in [1.82, 2.24) is 10.6 Å². The van der Waals surface area contributed by atoms with Crippen LogP contribution in [0.2, 0.25) is 10.0 Å². The average molecular weight is 474 g/mol. The van der Waals surface area contributed by atoms with E-state index in [1.165, 1.54) is 7.11 Å². The van der Waals surface area contributed by atoms with E-state index in [9.17, 15) is 14.4 Å². The van der Waals surface area contributed by atoms with Gasteiger partial charge in [-0.1, -0.05) is 43.0 Å². The molecule has 0 heterocycles. The fourth-order valence-electron chi connectivity index (χ4n) is 2.91. The first kappa shape index (κ1) is 27.0. The van der Waals surface area contributed by atoms with Crippen molar-refractivity contribution in [2.45, 2.75) is 70.9 Å². The topological polar surface area (TPSA) is 96.5 Å². The highest BCUT2D eigenvalue weighted by Crippen LogP contribution is 2.25. The number of ether oxygens (including phenoxy) is 1. The summed E-state index contributed by atoms with van der Waals surface area (Å²) in [5, 5.41) is 9.44. The van der Waals surface area contributed by atoms with E-state index in [0.717, 1.165) is 19.3 Å². The van der Waals surface area contributed by atoms with E-state index in [1.54, 1.807) is 25.1 Å². The van der Waals surface area contributed by atoms with E-state index in [0.29, 0.717) is 48.0 Å². The predicted octanol–water partition coefficient (Wildman–Crippen LogP) is 4.32. The molecule has 0 aliphatic carbocycles. The lowest BCUT2D eigenvalue weighted by Crippen LogP contribution is -2.47. The molecule has 174 valence electrons. The summed E-state index contributed by atoms with van der Waals surface area (Å²) >= 11 is 11.9. The summed E-state index contributed by atoms with van der Waals surface area (Å²) in [6.45, 7) is 4.32. The van der Waals surface area contributed by atoms with Crippen LogP contribution in [-0.2, 0) is 19.1 Å². The van der Waals surface area contributed by atoms with E-state index in [2.05, 4.69) is 22.9 Å². The normalized spacial score (nSPS) is 12.5. The molecule has 0 spiro atoms. The molecule has 1 unspecified atom stereocenters. The van der Waals surface area contributed by atoms with Gasteiger partial charge in [0, 0.05) is 18.7 Å². The van der Waals surface area contributed by atoms with Crippen molar-refractivity contribution in [2.75, 3.05) is 19.0 Å². The molecular weight excluding hydrogens is 441 g/mol. The Hall–Kier alpha value is -1.99. The fraction of sp³-hybridized carbons (Fsp3) is 0.591. The monoisotopic (exact) mass is 473 g/mol. The van der Waals surface area contributed by atoms with Gasteiger partial charge in [-0.25, -0.2) is 4.79 Å². The van der Waals surface area contributed by atoms with Gasteiger partial charge in [-0.3, -0.25) is 9.59 Å². The Balaban J connectivity index is 2.44. The minimum absolute atomic E-state index is 0.0495. The number of hydrogen-bond donors (Lipinski definition) is 3. The van der Waals surface area contributed by atoms with Crippen molar-refractivity contribution in [3.63, 3.8) is 0 Å². The smallest absolute Gasteiger partial charge is 0.328 e. The van der Waals surface area contributed by atoms with Crippen LogP contribution < -0.4 is 16.0 Å². The second-order valence-corrected chi connectivity index (χ2v) is 8.20. The molecule has 2 amide bonds. The van der Waals surface area contributed by atoms with Crippen LogP contribution in [0, 0.1) is 0 Å². The largest absolute Gasteiger partial charge is 0.467 e. The van der Waals surface area contributed by atoms with Crippen LogP contribution >= 0.6 is 23.2 Å². The Labute approximate surface area is 194 Å². The molecule has 0 saturated carbocycles. The van der Waals surface area contributed by atoms with Crippen LogP contribution in [0.3, 0.4) is 0 Å². The molecule has 0 aromatic heterocycles. The summed E-state index contributed by atoms with van der Waals surface area (Å²) < 4.78 is 4.81. The van der Waals surface area contributed by atoms with Crippen LogP contribution in [-0.4, -0.2) is 43.5 Å². The highest BCUT2D eigenvalue weighted by Gasteiger charge is 2.24. The number of anilines is 1. The standard InChI is InChI=1S/C22H33Cl2N3O4/c1-4-5-6-10-20(28)25-13-8-7-9-19(22(30)31-3)27-21(29)15(2)26-16-11-12-17(23)18(24)14-16/h11-12,14-15,19,26H,4-10,13H2,1-3H3,(H,25,28)(H,27,29)/t15?,19-/m0/s1. The third-order valence-corrected chi connectivity index (χ3v) is 5.49. The molecule has 1 aromatic carbocycles. The number of amides is 2. The lowest BCUT2D eigenvalue weighted by molar-refractivity contribution is -0.145. The van der Waals surface area contributed by atoms with Crippen molar-refractivity contribution < 1.29 is 19.1 Å². The molecular formula is C22H33Cl2N3O4. The first-order chi connectivity index (χ1) is 14.8. The van der Waals surface area contributed by atoms with E-state index in [1.807, 2.05) is 0 Å². The van der Waals surface area contributed by atoms with E-state index < -0.39 is 18.1 Å². The van der Waals surface area contributed by atoms with Crippen molar-refractivity contribution in [3.05, 3.63) is 28.2 Å². The second-order valence-electron chi connectivity index (χ2n) is 7.38. The zero-order valence-electron chi connectivity index (χ0n) is 18.4. The van der Waals surface area contributed by atoms with Gasteiger partial charge in [0.05, 0.1) is 17.2 Å². The van der Waals surface area contributed by atoms with Crippen LogP contribution in [0.1, 0.15) is 58.8 Å². The zero-order valence-corrected chi connectivity index (χ0v) is 19.9. The summed E-state index contributed by atoms with van der Waals surface area (Å²) in [6, 6.07) is 3.62. The van der Waals surface area contributed by atoms with Crippen LogP contribution in [0.25, 0.3) is 0 Å². The van der Waals surface area contributed by atoms with Gasteiger partial charge in [-0.05, 0) is 50.8 Å². The molecule has 1 rings (SSSR count). The van der Waals surface area contributed by atoms with Gasteiger partial charge in [0.1, 0.15) is 12.1 Å². The van der Waals surface area contributed by atoms with Crippen LogP contribution in [0.5, 0.6) is 0 Å². The molecule has 31 heavy (non-hydrogen) atoms. The van der Waals surface area contributed by atoms with E-state index >= 15 is 0 Å². The Morgan fingerprint density at radius 3 is 2.45 bits per heavy atom. The second kappa shape index (κ2) is 14.9. The number of hydrogen-bond acceptors (Lipinski definition) is 5. The van der Waals surface area contributed by atoms with Gasteiger partial charge in [0.2, 0.25) is 11.8 Å². The van der Waals surface area contributed by atoms with Crippen molar-refractivity contribution in [1.29, 1.82) is 0 Å². The van der Waals surface area contributed by atoms with Gasteiger partial charge in [0.25, 0.3) is 0 Å². The van der Waals surface area contributed by atoms with Crippen molar-refractivity contribution >= 4 is 46.7 Å². The van der Waals surface area contributed by atoms with Crippen LogP contribution in [0.4, 0.5) is 5.69 Å². The molecule has 1 aromatic rings. The Morgan fingerprint density at radius 2 is 1.81 bits per heavy atom. The minimum atomic E-state index is -0.754. The van der Waals surface area contributed by atoms with Gasteiger partial charge in [-0.2, -0.15) is 0 Å². The summed E-state index contributed by atoms with van der Waals surface area (Å²) in [4.78, 5) is 36.3. The van der Waals surface area contributed by atoms with Gasteiger partial charge < -0.3 is 20.7 Å². The quantitative estimate of drug-likeness (QED) is 0.276. The molecule has 9 heteroatoms. The summed E-state index contributed by atoms with van der Waals surface area (Å²) in [5.74, 6) is -0.794. The Bertz CT molecular complexity index is 731. The van der Waals surface area contributed by atoms with Crippen molar-refractivity contribution in [3.8, 4) is 0 Å². The number of esters is 1. The SMILES string of the molecule is CCCCCC(=O)NCCCC[C@H](NC(=O)C(C)Nc1ccc(Cl)c(Cl)c1)C(=O)OC. The van der Waals surface area contributed by atoms with Gasteiger partial charge in [-0.15, -0.1) is 0 Å². The molecule has 0 bridgehead atoms. The Kier molecular flexibility index (Phi) is 13.0. The highest BCUT2D eigenvalue weighted by molar-refractivity contribution is 6.42. The number of nitrogens with one attached hydrogen (secondary N) is 3. The number of benzene rings is 1. The maximum Gasteiger partial charge on any atom is 0.328 e. The maximum atomic E-state index is 12.5. The van der Waals surface area contributed by atoms with Crippen molar-refractivity contribution in [2.24, 2.45) is 0 Å². The highest BCUT2D eigenvalue weighted by atomic mass is 35.5. The predicted molar refractivity (Wildman–Crippen MR) is 124 cm³/mol. The van der Waals surface area contributed by atoms with Crippen LogP contribution in [0.15, 0.2) is 18.2 Å². The average Bonchev–Trinajstić information content (AvgIpc) is 2.74. The number of unbranched alkanes of at least 4 members (excludes halogenated alkanes) is 3. The molecule has 0 aliphatic rings. The molecule has 0 saturated heterocycles. The molecule has 7 nitrogen and oxygen atoms in total. The minimum Gasteiger partial charge on any atom is -0.467 e. The first-order valence-corrected chi connectivity index (χ1v) is 11.4. The van der Waals surface area contributed by atoms with E-state index in [4.69, 9.17) is 27.9 Å². The van der Waals surface area contributed by atoms with Gasteiger partial charge >= 0.3 is 5.97 Å². The zero-order chi connectivity index (χ0) is 23.2. The molecule has 0 aliphatic heterocycles. The lowest BCUT2D eigenvalue weighted by Gasteiger charge is -2.20. The molecule has 0 fully saturated rings. The molecule has 0 radical (unpaired) electrons. The Morgan fingerprint density at radius 1 is 1.06 bits per heavy atom. The summed E-state index contributed by atoms with van der Waals surface area (Å²) in [5.41, 5.74) is 0.640. The summed E-state index contributed by atoms with van der Waals surface area (Å²) in [6.07, 6.45) is 5.35. The number of halogens is 2. The lowest BCUT2D eigenvalue weighted by atomic mass is 10.1. The third kappa shape index (κ3) is 10.7.